The molecule has 0 saturated heterocycles. The molecule has 1 amide bonds. The molecule has 0 spiro atoms. The van der Waals surface area contributed by atoms with Crippen molar-refractivity contribution in [2.75, 3.05) is 6.54 Å². The van der Waals surface area contributed by atoms with E-state index in [9.17, 15) is 13.2 Å². The van der Waals surface area contributed by atoms with Crippen LogP contribution in [-0.4, -0.2) is 26.1 Å². The van der Waals surface area contributed by atoms with E-state index in [1.165, 1.54) is 17.6 Å². The molecule has 8 heteroatoms. The second-order valence-electron chi connectivity index (χ2n) is 6.02. The standard InChI is InChI=1S/C18H22N2O5S/c1-11-9-12(2)14(4)18(13(11)3)25-15-5-7-16(8-6-15)26(23,24)19-10-17(21)20-22/h5-9,19,22H,10H2,1-4H3,(H,20,21). The van der Waals surface area contributed by atoms with E-state index >= 15 is 0 Å². The molecule has 0 unspecified atom stereocenters. The fourth-order valence-corrected chi connectivity index (χ4v) is 3.40. The number of rotatable bonds is 6. The summed E-state index contributed by atoms with van der Waals surface area (Å²) >= 11 is 0. The number of hydroxylamine groups is 1. The molecule has 0 heterocycles. The van der Waals surface area contributed by atoms with Gasteiger partial charge in [0.15, 0.2) is 0 Å². The van der Waals surface area contributed by atoms with E-state index in [0.29, 0.717) is 5.75 Å². The van der Waals surface area contributed by atoms with Crippen molar-refractivity contribution in [3.8, 4) is 11.5 Å². The molecular formula is C18H22N2O5S. The summed E-state index contributed by atoms with van der Waals surface area (Å²) in [4.78, 5) is 10.9. The van der Waals surface area contributed by atoms with Gasteiger partial charge in [0, 0.05) is 0 Å². The van der Waals surface area contributed by atoms with E-state index in [4.69, 9.17) is 9.94 Å². The molecule has 2 aromatic carbocycles. The average Bonchev–Trinajstić information content (AvgIpc) is 2.62. The predicted molar refractivity (Wildman–Crippen MR) is 97.0 cm³/mol. The summed E-state index contributed by atoms with van der Waals surface area (Å²) in [5, 5.41) is 8.41. The summed E-state index contributed by atoms with van der Waals surface area (Å²) in [6.07, 6.45) is 0. The van der Waals surface area contributed by atoms with Gasteiger partial charge < -0.3 is 4.74 Å². The average molecular weight is 378 g/mol. The summed E-state index contributed by atoms with van der Waals surface area (Å²) in [5.41, 5.74) is 5.66. The van der Waals surface area contributed by atoms with E-state index < -0.39 is 22.5 Å². The minimum Gasteiger partial charge on any atom is -0.457 e. The maximum atomic E-state index is 12.1. The van der Waals surface area contributed by atoms with Gasteiger partial charge >= 0.3 is 0 Å². The van der Waals surface area contributed by atoms with Crippen LogP contribution in [0.4, 0.5) is 0 Å². The highest BCUT2D eigenvalue weighted by Gasteiger charge is 2.16. The zero-order valence-electron chi connectivity index (χ0n) is 15.1. The SMILES string of the molecule is Cc1cc(C)c(C)c(Oc2ccc(S(=O)(=O)NCC(=O)NO)cc2)c1C. The number of carbonyl (C=O) groups is 1. The summed E-state index contributed by atoms with van der Waals surface area (Å²) in [7, 11) is -3.86. The number of carbonyl (C=O) groups excluding carboxylic acids is 1. The quantitative estimate of drug-likeness (QED) is 0.529. The number of amides is 1. The van der Waals surface area contributed by atoms with Crippen molar-refractivity contribution in [1.82, 2.24) is 10.2 Å². The summed E-state index contributed by atoms with van der Waals surface area (Å²) in [6.45, 7) is 7.42. The minimum absolute atomic E-state index is 0.00976. The van der Waals surface area contributed by atoms with Gasteiger partial charge in [-0.25, -0.2) is 18.6 Å². The molecule has 0 fully saturated rings. The highest BCUT2D eigenvalue weighted by Crippen LogP contribution is 2.33. The third-order valence-corrected chi connectivity index (χ3v) is 5.62. The van der Waals surface area contributed by atoms with Gasteiger partial charge in [-0.3, -0.25) is 10.0 Å². The van der Waals surface area contributed by atoms with Crippen LogP contribution in [0.5, 0.6) is 11.5 Å². The molecule has 26 heavy (non-hydrogen) atoms. The van der Waals surface area contributed by atoms with E-state index in [-0.39, 0.29) is 4.90 Å². The van der Waals surface area contributed by atoms with Gasteiger partial charge in [0.25, 0.3) is 5.91 Å². The van der Waals surface area contributed by atoms with E-state index in [1.54, 1.807) is 12.1 Å². The van der Waals surface area contributed by atoms with Crippen molar-refractivity contribution in [3.63, 3.8) is 0 Å². The Morgan fingerprint density at radius 3 is 2.08 bits per heavy atom. The first-order valence-corrected chi connectivity index (χ1v) is 9.42. The highest BCUT2D eigenvalue weighted by molar-refractivity contribution is 7.89. The zero-order chi connectivity index (χ0) is 19.5. The van der Waals surface area contributed by atoms with E-state index in [0.717, 1.165) is 28.0 Å². The lowest BCUT2D eigenvalue weighted by atomic mass is 10.00. The van der Waals surface area contributed by atoms with E-state index in [1.807, 2.05) is 27.7 Å². The van der Waals surface area contributed by atoms with Gasteiger partial charge in [0.05, 0.1) is 11.4 Å². The molecule has 0 radical (unpaired) electrons. The molecule has 0 saturated carbocycles. The molecule has 0 bridgehead atoms. The molecule has 0 atom stereocenters. The van der Waals surface area contributed by atoms with Crippen LogP contribution in [0.2, 0.25) is 0 Å². The number of benzene rings is 2. The van der Waals surface area contributed by atoms with Crippen molar-refractivity contribution < 1.29 is 23.2 Å². The lowest BCUT2D eigenvalue weighted by molar-refractivity contribution is -0.127. The third-order valence-electron chi connectivity index (χ3n) is 4.20. The van der Waals surface area contributed by atoms with Gasteiger partial charge in [-0.15, -0.1) is 0 Å². The first-order chi connectivity index (χ1) is 12.2. The molecule has 3 N–H and O–H groups in total. The second kappa shape index (κ2) is 7.86. The number of hydrogen-bond acceptors (Lipinski definition) is 5. The fraction of sp³-hybridized carbons (Fsp3) is 0.278. The Labute approximate surface area is 153 Å². The Bertz CT molecular complexity index is 895. The van der Waals surface area contributed by atoms with Crippen LogP contribution in [0.15, 0.2) is 35.2 Å². The Morgan fingerprint density at radius 2 is 1.58 bits per heavy atom. The molecule has 2 rings (SSSR count). The maximum absolute atomic E-state index is 12.1. The molecule has 0 aromatic heterocycles. The number of aryl methyl sites for hydroxylation is 2. The lowest BCUT2D eigenvalue weighted by Crippen LogP contribution is -2.35. The fourth-order valence-electron chi connectivity index (χ4n) is 2.42. The molecule has 140 valence electrons. The Kier molecular flexibility index (Phi) is 6.01. The summed E-state index contributed by atoms with van der Waals surface area (Å²) < 4.78 is 32.3. The number of hydrogen-bond donors (Lipinski definition) is 3. The molecule has 0 aliphatic carbocycles. The number of nitrogens with one attached hydrogen (secondary N) is 2. The van der Waals surface area contributed by atoms with Crippen LogP contribution < -0.4 is 14.9 Å². The largest absolute Gasteiger partial charge is 0.457 e. The second-order valence-corrected chi connectivity index (χ2v) is 7.79. The van der Waals surface area contributed by atoms with Crippen molar-refractivity contribution in [3.05, 3.63) is 52.6 Å². The van der Waals surface area contributed by atoms with Crippen LogP contribution in [0, 0.1) is 27.7 Å². The van der Waals surface area contributed by atoms with Crippen LogP contribution in [-0.2, 0) is 14.8 Å². The Hall–Kier alpha value is -2.42. The minimum atomic E-state index is -3.86. The van der Waals surface area contributed by atoms with Gasteiger partial charge in [-0.1, -0.05) is 6.07 Å². The first kappa shape index (κ1) is 19.9. The topological polar surface area (TPSA) is 105 Å². The van der Waals surface area contributed by atoms with Crippen molar-refractivity contribution in [2.45, 2.75) is 32.6 Å². The van der Waals surface area contributed by atoms with Gasteiger partial charge in [0.2, 0.25) is 10.0 Å². The Balaban J connectivity index is 2.22. The smallest absolute Gasteiger partial charge is 0.258 e. The van der Waals surface area contributed by atoms with Crippen molar-refractivity contribution >= 4 is 15.9 Å². The summed E-state index contributed by atoms with van der Waals surface area (Å²) in [6, 6.07) is 7.99. The lowest BCUT2D eigenvalue weighted by Gasteiger charge is -2.16. The Morgan fingerprint density at radius 1 is 1.04 bits per heavy atom. The number of ether oxygens (including phenoxy) is 1. The van der Waals surface area contributed by atoms with Gasteiger partial charge in [-0.2, -0.15) is 0 Å². The number of sulfonamides is 1. The highest BCUT2D eigenvalue weighted by atomic mass is 32.2. The maximum Gasteiger partial charge on any atom is 0.258 e. The molecule has 0 aliphatic heterocycles. The summed E-state index contributed by atoms with van der Waals surface area (Å²) in [5.74, 6) is 0.415. The van der Waals surface area contributed by atoms with E-state index in [2.05, 4.69) is 10.8 Å². The normalized spacial score (nSPS) is 11.3. The molecular weight excluding hydrogens is 356 g/mol. The van der Waals surface area contributed by atoms with Crippen LogP contribution in [0.3, 0.4) is 0 Å². The van der Waals surface area contributed by atoms with Gasteiger partial charge in [0.1, 0.15) is 11.5 Å². The van der Waals surface area contributed by atoms with Crippen molar-refractivity contribution in [1.29, 1.82) is 0 Å². The third kappa shape index (κ3) is 4.40. The van der Waals surface area contributed by atoms with Gasteiger partial charge in [-0.05, 0) is 74.2 Å². The monoisotopic (exact) mass is 378 g/mol. The molecule has 7 nitrogen and oxygen atoms in total. The first-order valence-electron chi connectivity index (χ1n) is 7.93. The predicted octanol–water partition coefficient (Wildman–Crippen LogP) is 2.50. The molecule has 0 aliphatic rings. The zero-order valence-corrected chi connectivity index (χ0v) is 15.9. The molecule has 2 aromatic rings. The van der Waals surface area contributed by atoms with Crippen LogP contribution >= 0.6 is 0 Å². The van der Waals surface area contributed by atoms with Crippen LogP contribution in [0.1, 0.15) is 22.3 Å². The van der Waals surface area contributed by atoms with Crippen LogP contribution in [0.25, 0.3) is 0 Å². The van der Waals surface area contributed by atoms with Crippen molar-refractivity contribution in [2.24, 2.45) is 0 Å².